The molecule has 1 aliphatic rings. The fourth-order valence-electron chi connectivity index (χ4n) is 4.68. The van der Waals surface area contributed by atoms with E-state index < -0.39 is 17.8 Å². The number of para-hydroxylation sites is 1. The Bertz CT molecular complexity index is 1700. The number of nitrogens with one attached hydrogen (secondary N) is 1. The lowest BCUT2D eigenvalue weighted by atomic mass is 10.0. The molecular weight excluding hydrogens is 452 g/mol. The Hall–Kier alpha value is -5.04. The van der Waals surface area contributed by atoms with Crippen molar-refractivity contribution in [3.63, 3.8) is 0 Å². The number of hydrogen-bond acceptors (Lipinski definition) is 4. The number of benzene rings is 3. The van der Waals surface area contributed by atoms with Crippen LogP contribution in [0.5, 0.6) is 0 Å². The predicted octanol–water partition coefficient (Wildman–Crippen LogP) is 4.90. The number of rotatable bonds is 4. The average Bonchev–Trinajstić information content (AvgIpc) is 3.24. The van der Waals surface area contributed by atoms with Gasteiger partial charge in [0.05, 0.1) is 5.69 Å². The molecule has 2 aromatic heterocycles. The lowest BCUT2D eigenvalue weighted by Gasteiger charge is -2.26. The third-order valence-electron chi connectivity index (χ3n) is 6.36. The number of carbonyl (C=O) groups excluding carboxylic acids is 3. The SMILES string of the molecule is O=C1NC(=O)N(c2ccncc2)C(=O)/C1=C/c1cn(Cc2cccc3ccccc23)c2ccccc12. The zero-order valence-corrected chi connectivity index (χ0v) is 19.1. The van der Waals surface area contributed by atoms with Crippen LogP contribution < -0.4 is 10.2 Å². The van der Waals surface area contributed by atoms with Gasteiger partial charge in [-0.15, -0.1) is 0 Å². The summed E-state index contributed by atoms with van der Waals surface area (Å²) in [5, 5.41) is 5.51. The summed E-state index contributed by atoms with van der Waals surface area (Å²) >= 11 is 0. The smallest absolute Gasteiger partial charge is 0.335 e. The number of barbiturate groups is 1. The Balaban J connectivity index is 1.44. The third-order valence-corrected chi connectivity index (χ3v) is 6.36. The van der Waals surface area contributed by atoms with Crippen LogP contribution in [0.2, 0.25) is 0 Å². The Labute approximate surface area is 206 Å². The summed E-state index contributed by atoms with van der Waals surface area (Å²) in [4.78, 5) is 43.3. The van der Waals surface area contributed by atoms with Crippen LogP contribution in [0.3, 0.4) is 0 Å². The second-order valence-electron chi connectivity index (χ2n) is 8.53. The number of aromatic nitrogens is 2. The first-order valence-corrected chi connectivity index (χ1v) is 11.5. The predicted molar refractivity (Wildman–Crippen MR) is 138 cm³/mol. The number of urea groups is 1. The van der Waals surface area contributed by atoms with E-state index in [1.807, 2.05) is 48.7 Å². The van der Waals surface area contributed by atoms with Gasteiger partial charge in [0.15, 0.2) is 0 Å². The normalized spacial score (nSPS) is 15.2. The molecule has 0 atom stereocenters. The van der Waals surface area contributed by atoms with Gasteiger partial charge in [0, 0.05) is 41.6 Å². The second kappa shape index (κ2) is 8.63. The summed E-state index contributed by atoms with van der Waals surface area (Å²) in [6, 6.07) is 24.6. The maximum absolute atomic E-state index is 13.3. The third kappa shape index (κ3) is 3.63. The quantitative estimate of drug-likeness (QED) is 0.298. The molecular formula is C29H20N4O3. The highest BCUT2D eigenvalue weighted by Crippen LogP contribution is 2.28. The van der Waals surface area contributed by atoms with Crippen LogP contribution in [0.4, 0.5) is 10.5 Å². The molecule has 1 N–H and O–H groups in total. The Morgan fingerprint density at radius 2 is 1.53 bits per heavy atom. The van der Waals surface area contributed by atoms with Gasteiger partial charge in [-0.05, 0) is 40.6 Å². The fraction of sp³-hybridized carbons (Fsp3) is 0.0345. The van der Waals surface area contributed by atoms with Crippen LogP contribution in [0, 0.1) is 0 Å². The first-order chi connectivity index (χ1) is 17.6. The van der Waals surface area contributed by atoms with Gasteiger partial charge in [0.25, 0.3) is 11.8 Å². The van der Waals surface area contributed by atoms with Crippen LogP contribution in [-0.4, -0.2) is 27.4 Å². The minimum Gasteiger partial charge on any atom is -0.342 e. The molecule has 0 saturated carbocycles. The van der Waals surface area contributed by atoms with Crippen molar-refractivity contribution in [3.8, 4) is 0 Å². The Kier molecular flexibility index (Phi) is 5.15. The zero-order chi connectivity index (χ0) is 24.6. The molecule has 0 radical (unpaired) electrons. The average molecular weight is 473 g/mol. The summed E-state index contributed by atoms with van der Waals surface area (Å²) in [6.07, 6.45) is 6.46. The maximum Gasteiger partial charge on any atom is 0.335 e. The molecule has 0 bridgehead atoms. The number of pyridine rings is 1. The number of imide groups is 2. The van der Waals surface area contributed by atoms with Gasteiger partial charge in [-0.25, -0.2) is 9.69 Å². The van der Waals surface area contributed by atoms with Gasteiger partial charge in [-0.3, -0.25) is 19.9 Å². The van der Waals surface area contributed by atoms with E-state index in [4.69, 9.17) is 0 Å². The van der Waals surface area contributed by atoms with E-state index in [1.165, 1.54) is 23.2 Å². The molecule has 1 fully saturated rings. The number of amides is 4. The molecule has 36 heavy (non-hydrogen) atoms. The first kappa shape index (κ1) is 21.5. The minimum absolute atomic E-state index is 0.112. The van der Waals surface area contributed by atoms with Crippen molar-refractivity contribution in [3.05, 3.63) is 114 Å². The monoisotopic (exact) mass is 472 g/mol. The van der Waals surface area contributed by atoms with Gasteiger partial charge in [0.2, 0.25) is 0 Å². The molecule has 7 heteroatoms. The topological polar surface area (TPSA) is 84.3 Å². The van der Waals surface area contributed by atoms with Crippen LogP contribution in [0.25, 0.3) is 27.8 Å². The first-order valence-electron chi connectivity index (χ1n) is 11.5. The molecule has 1 aliphatic heterocycles. The van der Waals surface area contributed by atoms with E-state index in [9.17, 15) is 14.4 Å². The Morgan fingerprint density at radius 1 is 0.806 bits per heavy atom. The van der Waals surface area contributed by atoms with Crippen molar-refractivity contribution >= 4 is 51.3 Å². The molecule has 3 aromatic carbocycles. The van der Waals surface area contributed by atoms with Crippen LogP contribution in [0.1, 0.15) is 11.1 Å². The summed E-state index contributed by atoms with van der Waals surface area (Å²) in [5.74, 6) is -1.40. The fourth-order valence-corrected chi connectivity index (χ4v) is 4.68. The molecule has 6 rings (SSSR count). The molecule has 7 nitrogen and oxygen atoms in total. The van der Waals surface area contributed by atoms with Crippen molar-refractivity contribution in [2.45, 2.75) is 6.54 Å². The van der Waals surface area contributed by atoms with E-state index in [2.05, 4.69) is 39.1 Å². The van der Waals surface area contributed by atoms with Crippen LogP contribution in [-0.2, 0) is 16.1 Å². The van der Waals surface area contributed by atoms with Crippen molar-refractivity contribution < 1.29 is 14.4 Å². The highest BCUT2D eigenvalue weighted by Gasteiger charge is 2.37. The second-order valence-corrected chi connectivity index (χ2v) is 8.53. The highest BCUT2D eigenvalue weighted by atomic mass is 16.2. The molecule has 1 saturated heterocycles. The van der Waals surface area contributed by atoms with E-state index in [-0.39, 0.29) is 5.57 Å². The number of anilines is 1. The van der Waals surface area contributed by atoms with E-state index >= 15 is 0 Å². The lowest BCUT2D eigenvalue weighted by Crippen LogP contribution is -2.54. The summed E-state index contributed by atoms with van der Waals surface area (Å²) in [6.45, 7) is 0.618. The molecule has 4 amide bonds. The molecule has 174 valence electrons. The maximum atomic E-state index is 13.3. The van der Waals surface area contributed by atoms with E-state index in [0.717, 1.165) is 21.4 Å². The molecule has 0 aliphatic carbocycles. The number of fused-ring (bicyclic) bond motifs is 2. The van der Waals surface area contributed by atoms with Crippen molar-refractivity contribution in [1.29, 1.82) is 0 Å². The number of nitrogens with zero attached hydrogens (tertiary/aromatic N) is 3. The zero-order valence-electron chi connectivity index (χ0n) is 19.1. The summed E-state index contributed by atoms with van der Waals surface area (Å²) in [7, 11) is 0. The molecule has 5 aromatic rings. The van der Waals surface area contributed by atoms with Gasteiger partial charge in [-0.2, -0.15) is 0 Å². The molecule has 0 unspecified atom stereocenters. The van der Waals surface area contributed by atoms with Crippen molar-refractivity contribution in [1.82, 2.24) is 14.9 Å². The van der Waals surface area contributed by atoms with E-state index in [1.54, 1.807) is 18.2 Å². The summed E-state index contributed by atoms with van der Waals surface area (Å²) < 4.78 is 2.11. The van der Waals surface area contributed by atoms with Gasteiger partial charge >= 0.3 is 6.03 Å². The number of carbonyl (C=O) groups is 3. The van der Waals surface area contributed by atoms with Crippen molar-refractivity contribution in [2.24, 2.45) is 0 Å². The standard InChI is InChI=1S/C29H20N4O3/c34-27-25(28(35)33(29(36)31-27)22-12-14-30-15-13-22)16-21-18-32(26-11-4-3-10-24(21)26)17-20-8-5-7-19-6-1-2-9-23(19)20/h1-16,18H,17H2,(H,31,34,36)/b25-16+. The molecule has 0 spiro atoms. The Morgan fingerprint density at radius 3 is 2.36 bits per heavy atom. The van der Waals surface area contributed by atoms with Crippen molar-refractivity contribution in [2.75, 3.05) is 4.90 Å². The lowest BCUT2D eigenvalue weighted by molar-refractivity contribution is -0.122. The van der Waals surface area contributed by atoms with E-state index in [0.29, 0.717) is 17.8 Å². The largest absolute Gasteiger partial charge is 0.342 e. The van der Waals surface area contributed by atoms with Crippen LogP contribution >= 0.6 is 0 Å². The van der Waals surface area contributed by atoms with Gasteiger partial charge < -0.3 is 4.57 Å². The summed E-state index contributed by atoms with van der Waals surface area (Å²) in [5.41, 5.74) is 3.08. The number of hydrogen-bond donors (Lipinski definition) is 1. The van der Waals surface area contributed by atoms with Gasteiger partial charge in [0.1, 0.15) is 5.57 Å². The highest BCUT2D eigenvalue weighted by molar-refractivity contribution is 6.39. The van der Waals surface area contributed by atoms with Crippen LogP contribution in [0.15, 0.2) is 103 Å². The minimum atomic E-state index is -0.785. The van der Waals surface area contributed by atoms with Gasteiger partial charge in [-0.1, -0.05) is 60.7 Å². The molecule has 3 heterocycles.